The van der Waals surface area contributed by atoms with Crippen LogP contribution < -0.4 is 10.6 Å². The van der Waals surface area contributed by atoms with Crippen LogP contribution in [-0.2, 0) is 16.7 Å². The zero-order valence-electron chi connectivity index (χ0n) is 17.3. The van der Waals surface area contributed by atoms with Crippen molar-refractivity contribution >= 4 is 6.03 Å². The van der Waals surface area contributed by atoms with E-state index >= 15 is 0 Å². The molecule has 1 aromatic heterocycles. The third kappa shape index (κ3) is 4.54. The van der Waals surface area contributed by atoms with Gasteiger partial charge in [0.15, 0.2) is 0 Å². The third-order valence-electron chi connectivity index (χ3n) is 5.89. The highest BCUT2D eigenvalue weighted by Crippen LogP contribution is 2.36. The van der Waals surface area contributed by atoms with Crippen LogP contribution in [0, 0.1) is 6.92 Å². The van der Waals surface area contributed by atoms with E-state index in [4.69, 9.17) is 4.74 Å². The van der Waals surface area contributed by atoms with Crippen LogP contribution >= 0.6 is 0 Å². The number of hydrogen-bond acceptors (Lipinski definition) is 3. The predicted octanol–water partition coefficient (Wildman–Crippen LogP) is 3.73. The molecule has 6 heteroatoms. The van der Waals surface area contributed by atoms with Crippen molar-refractivity contribution in [2.75, 3.05) is 19.8 Å². The van der Waals surface area contributed by atoms with Crippen LogP contribution in [0.5, 0.6) is 0 Å². The number of urea groups is 1. The largest absolute Gasteiger partial charge is 0.381 e. The SMILES string of the molecule is Cc1ccccc1C1(CNC(=O)NCc2cccc(-n3cccn3)c2)CCOCC1. The van der Waals surface area contributed by atoms with Gasteiger partial charge in [0.2, 0.25) is 0 Å². The number of nitrogens with one attached hydrogen (secondary N) is 2. The first-order valence-electron chi connectivity index (χ1n) is 10.4. The molecule has 0 atom stereocenters. The number of amides is 2. The molecule has 1 fully saturated rings. The number of rotatable bonds is 6. The Morgan fingerprint density at radius 1 is 1.10 bits per heavy atom. The molecule has 6 nitrogen and oxygen atoms in total. The molecule has 1 aliphatic rings. The summed E-state index contributed by atoms with van der Waals surface area (Å²) < 4.78 is 7.41. The number of carbonyl (C=O) groups is 1. The van der Waals surface area contributed by atoms with E-state index in [-0.39, 0.29) is 11.4 Å². The maximum absolute atomic E-state index is 12.6. The van der Waals surface area contributed by atoms with Crippen LogP contribution in [0.3, 0.4) is 0 Å². The van der Waals surface area contributed by atoms with Crippen molar-refractivity contribution in [3.8, 4) is 5.69 Å². The van der Waals surface area contributed by atoms with Gasteiger partial charge in [0.05, 0.1) is 5.69 Å². The van der Waals surface area contributed by atoms with Gasteiger partial charge in [0.1, 0.15) is 0 Å². The number of ether oxygens (including phenoxy) is 1. The quantitative estimate of drug-likeness (QED) is 0.658. The minimum Gasteiger partial charge on any atom is -0.381 e. The molecule has 0 aliphatic carbocycles. The van der Waals surface area contributed by atoms with Crippen molar-refractivity contribution in [3.63, 3.8) is 0 Å². The van der Waals surface area contributed by atoms with E-state index in [1.807, 2.05) is 36.5 Å². The molecule has 2 N–H and O–H groups in total. The first-order chi connectivity index (χ1) is 14.7. The summed E-state index contributed by atoms with van der Waals surface area (Å²) in [6.07, 6.45) is 5.46. The molecule has 2 amide bonds. The minimum absolute atomic E-state index is 0.0824. The summed E-state index contributed by atoms with van der Waals surface area (Å²) >= 11 is 0. The van der Waals surface area contributed by atoms with Crippen LogP contribution in [0.15, 0.2) is 67.0 Å². The Bertz CT molecular complexity index is 978. The number of aryl methyl sites for hydroxylation is 1. The Morgan fingerprint density at radius 2 is 1.93 bits per heavy atom. The maximum Gasteiger partial charge on any atom is 0.315 e. The summed E-state index contributed by atoms with van der Waals surface area (Å²) in [7, 11) is 0. The number of aromatic nitrogens is 2. The molecule has 0 saturated carbocycles. The highest BCUT2D eigenvalue weighted by molar-refractivity contribution is 5.74. The Hall–Kier alpha value is -3.12. The molecule has 3 aromatic rings. The zero-order chi connectivity index (χ0) is 20.8. The molecule has 1 saturated heterocycles. The molecular weight excluding hydrogens is 376 g/mol. The average Bonchev–Trinajstić information content (AvgIpc) is 3.33. The fourth-order valence-electron chi connectivity index (χ4n) is 4.20. The van der Waals surface area contributed by atoms with Crippen LogP contribution in [0.4, 0.5) is 4.79 Å². The molecule has 0 spiro atoms. The predicted molar refractivity (Wildman–Crippen MR) is 117 cm³/mol. The van der Waals surface area contributed by atoms with Crippen LogP contribution in [-0.4, -0.2) is 35.6 Å². The summed E-state index contributed by atoms with van der Waals surface area (Å²) in [4.78, 5) is 12.6. The van der Waals surface area contributed by atoms with Crippen molar-refractivity contribution in [1.29, 1.82) is 0 Å². The summed E-state index contributed by atoms with van der Waals surface area (Å²) in [6, 6.07) is 18.2. The molecule has 4 rings (SSSR count). The van der Waals surface area contributed by atoms with E-state index in [1.54, 1.807) is 10.9 Å². The van der Waals surface area contributed by atoms with Gasteiger partial charge in [-0.3, -0.25) is 0 Å². The second kappa shape index (κ2) is 9.13. The first kappa shape index (κ1) is 20.2. The van der Waals surface area contributed by atoms with Gasteiger partial charge in [0, 0.05) is 44.1 Å². The van der Waals surface area contributed by atoms with Crippen molar-refractivity contribution in [1.82, 2.24) is 20.4 Å². The Balaban J connectivity index is 1.38. The third-order valence-corrected chi connectivity index (χ3v) is 5.89. The lowest BCUT2D eigenvalue weighted by atomic mass is 9.72. The van der Waals surface area contributed by atoms with Gasteiger partial charge in [0.25, 0.3) is 0 Å². The van der Waals surface area contributed by atoms with Crippen LogP contribution in [0.2, 0.25) is 0 Å². The second-order valence-electron chi connectivity index (χ2n) is 7.86. The van der Waals surface area contributed by atoms with E-state index in [9.17, 15) is 4.79 Å². The summed E-state index contributed by atoms with van der Waals surface area (Å²) in [5, 5.41) is 10.3. The van der Waals surface area contributed by atoms with E-state index in [0.717, 1.165) is 37.3 Å². The number of carbonyl (C=O) groups excluding carboxylic acids is 1. The number of nitrogens with zero attached hydrogens (tertiary/aromatic N) is 2. The molecule has 0 unspecified atom stereocenters. The van der Waals surface area contributed by atoms with Gasteiger partial charge in [-0.15, -0.1) is 0 Å². The van der Waals surface area contributed by atoms with Gasteiger partial charge in [-0.1, -0.05) is 36.4 Å². The van der Waals surface area contributed by atoms with Gasteiger partial charge < -0.3 is 15.4 Å². The average molecular weight is 405 g/mol. The van der Waals surface area contributed by atoms with Gasteiger partial charge in [-0.2, -0.15) is 5.10 Å². The van der Waals surface area contributed by atoms with E-state index < -0.39 is 0 Å². The van der Waals surface area contributed by atoms with E-state index in [1.165, 1.54) is 11.1 Å². The Labute approximate surface area is 177 Å². The van der Waals surface area contributed by atoms with Crippen molar-refractivity contribution in [3.05, 3.63) is 83.7 Å². The lowest BCUT2D eigenvalue weighted by Crippen LogP contribution is -2.47. The summed E-state index contributed by atoms with van der Waals surface area (Å²) in [6.45, 7) is 4.64. The lowest BCUT2D eigenvalue weighted by molar-refractivity contribution is 0.0505. The molecule has 0 bridgehead atoms. The highest BCUT2D eigenvalue weighted by atomic mass is 16.5. The fraction of sp³-hybridized carbons (Fsp3) is 0.333. The normalized spacial score (nSPS) is 15.5. The van der Waals surface area contributed by atoms with E-state index in [0.29, 0.717) is 13.1 Å². The molecule has 0 radical (unpaired) electrons. The standard InChI is InChI=1S/C24H28N4O2/c1-19-6-2-3-9-22(19)24(10-14-30-15-11-24)18-26-23(29)25-17-20-7-4-8-21(16-20)28-13-5-12-27-28/h2-9,12-13,16H,10-11,14-15,17-18H2,1H3,(H2,25,26,29). The Morgan fingerprint density at radius 3 is 2.70 bits per heavy atom. The summed E-state index contributed by atoms with van der Waals surface area (Å²) in [5.74, 6) is 0. The van der Waals surface area contributed by atoms with Crippen LogP contribution in [0.25, 0.3) is 5.69 Å². The smallest absolute Gasteiger partial charge is 0.315 e. The maximum atomic E-state index is 12.6. The molecule has 1 aliphatic heterocycles. The van der Waals surface area contributed by atoms with Crippen molar-refractivity contribution in [2.24, 2.45) is 0 Å². The Kier molecular flexibility index (Phi) is 6.14. The van der Waals surface area contributed by atoms with Crippen molar-refractivity contribution in [2.45, 2.75) is 31.7 Å². The zero-order valence-corrected chi connectivity index (χ0v) is 17.3. The molecule has 156 valence electrons. The van der Waals surface area contributed by atoms with E-state index in [2.05, 4.69) is 46.9 Å². The molecule has 2 aromatic carbocycles. The monoisotopic (exact) mass is 404 g/mol. The topological polar surface area (TPSA) is 68.2 Å². The van der Waals surface area contributed by atoms with Gasteiger partial charge in [-0.25, -0.2) is 9.48 Å². The van der Waals surface area contributed by atoms with Crippen molar-refractivity contribution < 1.29 is 9.53 Å². The van der Waals surface area contributed by atoms with Gasteiger partial charge >= 0.3 is 6.03 Å². The number of hydrogen-bond donors (Lipinski definition) is 2. The molecular formula is C24H28N4O2. The first-order valence-corrected chi connectivity index (χ1v) is 10.4. The van der Waals surface area contributed by atoms with Gasteiger partial charge in [-0.05, 0) is 54.7 Å². The summed E-state index contributed by atoms with van der Waals surface area (Å²) in [5.41, 5.74) is 4.48. The lowest BCUT2D eigenvalue weighted by Gasteiger charge is -2.39. The number of benzene rings is 2. The second-order valence-corrected chi connectivity index (χ2v) is 7.86. The fourth-order valence-corrected chi connectivity index (χ4v) is 4.20. The van der Waals surface area contributed by atoms with Crippen LogP contribution in [0.1, 0.15) is 29.5 Å². The minimum atomic E-state index is -0.154. The highest BCUT2D eigenvalue weighted by Gasteiger charge is 2.35. The molecule has 30 heavy (non-hydrogen) atoms. The molecule has 2 heterocycles.